The lowest BCUT2D eigenvalue weighted by atomic mass is 9.91. The van der Waals surface area contributed by atoms with Crippen LogP contribution in [-0.4, -0.2) is 0 Å². The van der Waals surface area contributed by atoms with Crippen LogP contribution in [0.15, 0.2) is 231 Å². The van der Waals surface area contributed by atoms with Gasteiger partial charge in [0.2, 0.25) is 0 Å². The Morgan fingerprint density at radius 3 is 1.02 bits per heavy atom. The summed E-state index contributed by atoms with van der Waals surface area (Å²) in [5, 5.41) is 7.35. The molecule has 0 N–H and O–H groups in total. The molecule has 10 aromatic rings. The summed E-state index contributed by atoms with van der Waals surface area (Å²) in [5.41, 5.74) is 11.6. The van der Waals surface area contributed by atoms with Crippen molar-refractivity contribution in [2.45, 2.75) is 0 Å². The Kier molecular flexibility index (Phi) is 8.55. The molecule has 264 valence electrons. The van der Waals surface area contributed by atoms with Gasteiger partial charge in [0.05, 0.1) is 11.4 Å². The van der Waals surface area contributed by atoms with E-state index in [1.165, 1.54) is 54.6 Å². The highest BCUT2D eigenvalue weighted by Gasteiger charge is 2.18. The second-order valence-electron chi connectivity index (χ2n) is 14.1. The summed E-state index contributed by atoms with van der Waals surface area (Å²) in [4.78, 5) is 4.72. The van der Waals surface area contributed by atoms with Crippen molar-refractivity contribution in [2.75, 3.05) is 9.80 Å². The predicted molar refractivity (Wildman–Crippen MR) is 239 cm³/mol. The number of para-hydroxylation sites is 2. The van der Waals surface area contributed by atoms with Crippen molar-refractivity contribution < 1.29 is 0 Å². The molecule has 0 aliphatic heterocycles. The molecule has 0 spiro atoms. The van der Waals surface area contributed by atoms with E-state index in [9.17, 15) is 0 Å². The minimum absolute atomic E-state index is 1.11. The van der Waals surface area contributed by atoms with E-state index in [-0.39, 0.29) is 0 Å². The average molecular weight is 715 g/mol. The summed E-state index contributed by atoms with van der Waals surface area (Å²) in [7, 11) is 0. The Bertz CT molecular complexity index is 2740. The van der Waals surface area contributed by atoms with Gasteiger partial charge in [-0.2, -0.15) is 0 Å². The second-order valence-corrected chi connectivity index (χ2v) is 14.1. The zero-order valence-electron chi connectivity index (χ0n) is 30.8. The lowest BCUT2D eigenvalue weighted by Crippen LogP contribution is -2.10. The third-order valence-corrected chi connectivity index (χ3v) is 10.8. The fourth-order valence-corrected chi connectivity index (χ4v) is 8.22. The molecule has 0 amide bonds. The van der Waals surface area contributed by atoms with Crippen molar-refractivity contribution in [3.8, 4) is 22.3 Å². The fourth-order valence-electron chi connectivity index (χ4n) is 8.22. The highest BCUT2D eigenvalue weighted by atomic mass is 15.1. The summed E-state index contributed by atoms with van der Waals surface area (Å²) in [6.45, 7) is 0. The van der Waals surface area contributed by atoms with Crippen LogP contribution < -0.4 is 9.80 Å². The van der Waals surface area contributed by atoms with Gasteiger partial charge in [0.15, 0.2) is 0 Å². The zero-order valence-corrected chi connectivity index (χ0v) is 30.8. The Morgan fingerprint density at radius 1 is 0.232 bits per heavy atom. The van der Waals surface area contributed by atoms with Crippen molar-refractivity contribution in [3.05, 3.63) is 231 Å². The molecule has 0 aliphatic rings. The van der Waals surface area contributed by atoms with Crippen LogP contribution in [0.5, 0.6) is 0 Å². The number of hydrogen-bond acceptors (Lipinski definition) is 2. The first-order chi connectivity index (χ1) is 27.8. The molecule has 2 heteroatoms. The number of hydrogen-bond donors (Lipinski definition) is 0. The summed E-state index contributed by atoms with van der Waals surface area (Å²) in [6, 6.07) is 83.0. The van der Waals surface area contributed by atoms with Crippen molar-refractivity contribution in [3.63, 3.8) is 0 Å². The molecule has 0 radical (unpaired) electrons. The largest absolute Gasteiger partial charge is 0.310 e. The number of rotatable bonds is 8. The van der Waals surface area contributed by atoms with E-state index in [2.05, 4.69) is 240 Å². The van der Waals surface area contributed by atoms with E-state index in [1.807, 2.05) is 0 Å². The smallest absolute Gasteiger partial charge is 0.0540 e. The molecule has 0 atom stereocenters. The van der Waals surface area contributed by atoms with Gasteiger partial charge in [-0.1, -0.05) is 170 Å². The third kappa shape index (κ3) is 6.04. The first kappa shape index (κ1) is 33.2. The molecule has 56 heavy (non-hydrogen) atoms. The molecule has 0 aliphatic carbocycles. The van der Waals surface area contributed by atoms with Crippen LogP contribution in [0, 0.1) is 0 Å². The molecule has 10 rings (SSSR count). The van der Waals surface area contributed by atoms with Crippen LogP contribution in [0.25, 0.3) is 54.6 Å². The maximum atomic E-state index is 2.36. The van der Waals surface area contributed by atoms with E-state index in [4.69, 9.17) is 0 Å². The molecule has 0 saturated heterocycles. The molecule has 0 unspecified atom stereocenters. The summed E-state index contributed by atoms with van der Waals surface area (Å²) < 4.78 is 0. The second kappa shape index (κ2) is 14.4. The van der Waals surface area contributed by atoms with Crippen LogP contribution >= 0.6 is 0 Å². The molecule has 10 aromatic carbocycles. The van der Waals surface area contributed by atoms with Crippen LogP contribution in [-0.2, 0) is 0 Å². The lowest BCUT2D eigenvalue weighted by molar-refractivity contribution is 1.30. The van der Waals surface area contributed by atoms with Crippen molar-refractivity contribution >= 4 is 66.4 Å². The highest BCUT2D eigenvalue weighted by molar-refractivity contribution is 6.07. The Morgan fingerprint density at radius 2 is 0.571 bits per heavy atom. The van der Waals surface area contributed by atoms with Crippen LogP contribution in [0.1, 0.15) is 0 Å². The van der Waals surface area contributed by atoms with Gasteiger partial charge in [0, 0.05) is 33.5 Å². The molecule has 0 bridgehead atoms. The van der Waals surface area contributed by atoms with Crippen molar-refractivity contribution in [1.29, 1.82) is 0 Å². The standard InChI is InChI=1S/C54H38N2/c1-3-21-44(22-4-1)55(52-29-13-17-39-15-7-9-25-48(39)52)46-35-31-41(32-36-46)50-27-11-19-43-20-12-28-51(54(43)50)42-33-37-47(38-34-42)56(45-23-5-2-6-24-45)53-30-14-18-40-16-8-10-26-49(40)53/h1-38H. The first-order valence-corrected chi connectivity index (χ1v) is 19.2. The monoisotopic (exact) mass is 714 g/mol. The minimum atomic E-state index is 1.11. The van der Waals surface area contributed by atoms with Gasteiger partial charge in [-0.3, -0.25) is 0 Å². The predicted octanol–water partition coefficient (Wildman–Crippen LogP) is 15.4. The maximum Gasteiger partial charge on any atom is 0.0540 e. The van der Waals surface area contributed by atoms with E-state index in [0.29, 0.717) is 0 Å². The van der Waals surface area contributed by atoms with Crippen molar-refractivity contribution in [2.24, 2.45) is 0 Å². The van der Waals surface area contributed by atoms with Gasteiger partial charge < -0.3 is 9.80 Å². The van der Waals surface area contributed by atoms with E-state index in [1.54, 1.807) is 0 Å². The normalized spacial score (nSPS) is 11.2. The van der Waals surface area contributed by atoms with Gasteiger partial charge in [-0.25, -0.2) is 0 Å². The number of anilines is 6. The van der Waals surface area contributed by atoms with Gasteiger partial charge in [0.25, 0.3) is 0 Å². The average Bonchev–Trinajstić information content (AvgIpc) is 3.28. The number of fused-ring (bicyclic) bond motifs is 3. The van der Waals surface area contributed by atoms with Crippen molar-refractivity contribution in [1.82, 2.24) is 0 Å². The Balaban J connectivity index is 1.05. The van der Waals surface area contributed by atoms with Gasteiger partial charge in [-0.05, 0) is 104 Å². The molecule has 0 heterocycles. The quantitative estimate of drug-likeness (QED) is 0.155. The number of nitrogens with zero attached hydrogens (tertiary/aromatic N) is 2. The Hall–Kier alpha value is -7.42. The van der Waals surface area contributed by atoms with Crippen LogP contribution in [0.4, 0.5) is 34.1 Å². The molecular weight excluding hydrogens is 677 g/mol. The fraction of sp³-hybridized carbons (Fsp3) is 0. The molecule has 0 fully saturated rings. The molecule has 0 saturated carbocycles. The Labute approximate surface area is 327 Å². The summed E-state index contributed by atoms with van der Waals surface area (Å²) >= 11 is 0. The number of benzene rings is 10. The topological polar surface area (TPSA) is 6.48 Å². The van der Waals surface area contributed by atoms with Gasteiger partial charge >= 0.3 is 0 Å². The zero-order chi connectivity index (χ0) is 37.3. The molecule has 2 nitrogen and oxygen atoms in total. The van der Waals surface area contributed by atoms with E-state index in [0.717, 1.165) is 34.1 Å². The summed E-state index contributed by atoms with van der Waals surface area (Å²) in [5.74, 6) is 0. The maximum absolute atomic E-state index is 2.36. The van der Waals surface area contributed by atoms with Crippen LogP contribution in [0.2, 0.25) is 0 Å². The van der Waals surface area contributed by atoms with Gasteiger partial charge in [0.1, 0.15) is 0 Å². The SMILES string of the molecule is c1ccc(N(c2ccc(-c3cccc4cccc(-c5ccc(N(c6ccccc6)c6cccc7ccccc67)cc5)c34)cc2)c2cccc3ccccc23)cc1. The lowest BCUT2D eigenvalue weighted by Gasteiger charge is -2.27. The first-order valence-electron chi connectivity index (χ1n) is 19.2. The molecule has 0 aromatic heterocycles. The molecular formula is C54H38N2. The highest BCUT2D eigenvalue weighted by Crippen LogP contribution is 2.43. The summed E-state index contributed by atoms with van der Waals surface area (Å²) in [6.07, 6.45) is 0. The van der Waals surface area contributed by atoms with Gasteiger partial charge in [-0.15, -0.1) is 0 Å². The van der Waals surface area contributed by atoms with E-state index >= 15 is 0 Å². The minimum Gasteiger partial charge on any atom is -0.310 e. The third-order valence-electron chi connectivity index (χ3n) is 10.8. The van der Waals surface area contributed by atoms with Crippen LogP contribution in [0.3, 0.4) is 0 Å². The van der Waals surface area contributed by atoms with E-state index < -0.39 is 0 Å².